The van der Waals surface area contributed by atoms with Gasteiger partial charge in [-0.3, -0.25) is 14.2 Å². The van der Waals surface area contributed by atoms with Crippen molar-refractivity contribution in [1.29, 1.82) is 0 Å². The average Bonchev–Trinajstić information content (AvgIpc) is 2.69. The van der Waals surface area contributed by atoms with E-state index in [2.05, 4.69) is 10.3 Å². The van der Waals surface area contributed by atoms with Crippen LogP contribution in [0.4, 0.5) is 10.1 Å². The van der Waals surface area contributed by atoms with Crippen molar-refractivity contribution in [3.63, 3.8) is 0 Å². The Kier molecular flexibility index (Phi) is 6.66. The van der Waals surface area contributed by atoms with Crippen LogP contribution in [0, 0.1) is 5.82 Å². The summed E-state index contributed by atoms with van der Waals surface area (Å²) in [5.41, 5.74) is 0.703. The molecule has 1 heterocycles. The molecule has 146 valence electrons. The topological polar surface area (TPSA) is 84.2 Å². The smallest absolute Gasteiger partial charge is 0.262 e. The molecular weight excluding hydrogens is 405 g/mol. The first-order valence-electron chi connectivity index (χ1n) is 8.47. The number of halogens is 2. The number of thioether (sulfide) groups is 1. The predicted octanol–water partition coefficient (Wildman–Crippen LogP) is 3.30. The van der Waals surface area contributed by atoms with Crippen LogP contribution in [0.3, 0.4) is 0 Å². The summed E-state index contributed by atoms with van der Waals surface area (Å²) in [6, 6.07) is 10.9. The maximum Gasteiger partial charge on any atom is 0.262 e. The zero-order valence-corrected chi connectivity index (χ0v) is 16.3. The lowest BCUT2D eigenvalue weighted by Crippen LogP contribution is -2.24. The molecule has 0 saturated carbocycles. The number of amides is 1. The van der Waals surface area contributed by atoms with Gasteiger partial charge in [0.05, 0.1) is 21.7 Å². The lowest BCUT2D eigenvalue weighted by atomic mass is 10.2. The van der Waals surface area contributed by atoms with Gasteiger partial charge in [0.25, 0.3) is 5.56 Å². The molecule has 0 aliphatic carbocycles. The number of aliphatic hydroxyl groups excluding tert-OH is 1. The summed E-state index contributed by atoms with van der Waals surface area (Å²) >= 11 is 6.82. The van der Waals surface area contributed by atoms with Crippen molar-refractivity contribution in [2.75, 3.05) is 17.7 Å². The summed E-state index contributed by atoms with van der Waals surface area (Å²) in [5.74, 6) is -0.912. The minimum Gasteiger partial charge on any atom is -0.396 e. The van der Waals surface area contributed by atoms with Gasteiger partial charge in [0, 0.05) is 18.8 Å². The van der Waals surface area contributed by atoms with E-state index in [-0.39, 0.29) is 28.8 Å². The van der Waals surface area contributed by atoms with Crippen molar-refractivity contribution in [1.82, 2.24) is 9.55 Å². The molecule has 1 amide bonds. The molecule has 0 spiro atoms. The lowest BCUT2D eigenvalue weighted by molar-refractivity contribution is -0.113. The maximum atomic E-state index is 13.2. The Labute approximate surface area is 169 Å². The van der Waals surface area contributed by atoms with Crippen LogP contribution in [-0.4, -0.2) is 32.9 Å². The molecule has 1 aromatic heterocycles. The van der Waals surface area contributed by atoms with Crippen LogP contribution in [0.5, 0.6) is 0 Å². The molecule has 9 heteroatoms. The summed E-state index contributed by atoms with van der Waals surface area (Å²) < 4.78 is 14.7. The fraction of sp³-hybridized carbons (Fsp3) is 0.211. The third kappa shape index (κ3) is 4.70. The minimum absolute atomic E-state index is 0.00109. The van der Waals surface area contributed by atoms with Gasteiger partial charge in [0.2, 0.25) is 5.91 Å². The fourth-order valence-corrected chi connectivity index (χ4v) is 3.59. The van der Waals surface area contributed by atoms with E-state index in [9.17, 15) is 14.0 Å². The maximum absolute atomic E-state index is 13.2. The molecule has 0 saturated heterocycles. The third-order valence-corrected chi connectivity index (χ3v) is 5.17. The van der Waals surface area contributed by atoms with Crippen LogP contribution in [0.2, 0.25) is 5.02 Å². The molecule has 0 radical (unpaired) electrons. The van der Waals surface area contributed by atoms with Crippen LogP contribution in [0.1, 0.15) is 6.42 Å². The zero-order valence-electron chi connectivity index (χ0n) is 14.7. The summed E-state index contributed by atoms with van der Waals surface area (Å²) in [7, 11) is 0. The Morgan fingerprint density at radius 1 is 1.29 bits per heavy atom. The fourth-order valence-electron chi connectivity index (χ4n) is 2.58. The van der Waals surface area contributed by atoms with Crippen LogP contribution in [0.15, 0.2) is 52.4 Å². The number of aromatic nitrogens is 2. The number of fused-ring (bicyclic) bond motifs is 1. The number of hydrogen-bond donors (Lipinski definition) is 2. The first-order chi connectivity index (χ1) is 13.5. The first-order valence-corrected chi connectivity index (χ1v) is 9.84. The van der Waals surface area contributed by atoms with E-state index in [0.717, 1.165) is 11.8 Å². The third-order valence-electron chi connectivity index (χ3n) is 3.90. The van der Waals surface area contributed by atoms with Crippen molar-refractivity contribution >= 4 is 45.9 Å². The van der Waals surface area contributed by atoms with E-state index < -0.39 is 5.82 Å². The van der Waals surface area contributed by atoms with Crippen molar-refractivity contribution in [2.24, 2.45) is 0 Å². The molecule has 0 fully saturated rings. The number of nitrogens with one attached hydrogen (secondary N) is 1. The molecule has 2 aromatic carbocycles. The Morgan fingerprint density at radius 3 is 2.82 bits per heavy atom. The van der Waals surface area contributed by atoms with Gasteiger partial charge < -0.3 is 10.4 Å². The number of nitrogens with zero attached hydrogens (tertiary/aromatic N) is 2. The molecule has 6 nitrogen and oxygen atoms in total. The molecule has 0 atom stereocenters. The highest BCUT2D eigenvalue weighted by atomic mass is 35.5. The summed E-state index contributed by atoms with van der Waals surface area (Å²) in [6.45, 7) is 0.236. The van der Waals surface area contributed by atoms with Crippen LogP contribution in [0.25, 0.3) is 10.9 Å². The number of carbonyl (C=O) groups is 1. The first kappa shape index (κ1) is 20.3. The van der Waals surface area contributed by atoms with E-state index in [0.29, 0.717) is 34.7 Å². The average molecular weight is 422 g/mol. The van der Waals surface area contributed by atoms with E-state index in [1.165, 1.54) is 22.8 Å². The van der Waals surface area contributed by atoms with Crippen molar-refractivity contribution in [3.8, 4) is 0 Å². The Balaban J connectivity index is 1.79. The van der Waals surface area contributed by atoms with E-state index in [1.54, 1.807) is 24.3 Å². The van der Waals surface area contributed by atoms with Crippen LogP contribution < -0.4 is 10.9 Å². The SMILES string of the molecule is O=C(CSc1nc2ccccc2c(=O)n1CCCO)Nc1ccc(F)c(Cl)c1. The van der Waals surface area contributed by atoms with Gasteiger partial charge in [-0.25, -0.2) is 9.37 Å². The van der Waals surface area contributed by atoms with Gasteiger partial charge in [-0.1, -0.05) is 35.5 Å². The molecule has 2 N–H and O–H groups in total. The number of rotatable bonds is 7. The lowest BCUT2D eigenvalue weighted by Gasteiger charge is -2.12. The van der Waals surface area contributed by atoms with Crippen molar-refractivity contribution in [2.45, 2.75) is 18.1 Å². The molecule has 28 heavy (non-hydrogen) atoms. The normalized spacial score (nSPS) is 11.0. The predicted molar refractivity (Wildman–Crippen MR) is 108 cm³/mol. The Hall–Kier alpha value is -2.42. The minimum atomic E-state index is -0.567. The van der Waals surface area contributed by atoms with E-state index >= 15 is 0 Å². The summed E-state index contributed by atoms with van der Waals surface area (Å²) in [5, 5.41) is 12.5. The molecule has 0 unspecified atom stereocenters. The number of benzene rings is 2. The number of aliphatic hydroxyl groups is 1. The molecule has 3 aromatic rings. The number of hydrogen-bond acceptors (Lipinski definition) is 5. The number of carbonyl (C=O) groups excluding carboxylic acids is 1. The highest BCUT2D eigenvalue weighted by Crippen LogP contribution is 2.21. The van der Waals surface area contributed by atoms with Gasteiger partial charge in [-0.05, 0) is 36.8 Å². The van der Waals surface area contributed by atoms with Gasteiger partial charge in [-0.2, -0.15) is 0 Å². The van der Waals surface area contributed by atoms with Gasteiger partial charge in [-0.15, -0.1) is 0 Å². The summed E-state index contributed by atoms with van der Waals surface area (Å²) in [4.78, 5) is 29.5. The second kappa shape index (κ2) is 9.18. The highest BCUT2D eigenvalue weighted by molar-refractivity contribution is 7.99. The van der Waals surface area contributed by atoms with Crippen molar-refractivity contribution < 1.29 is 14.3 Å². The molecule has 0 aliphatic rings. The number of anilines is 1. The Morgan fingerprint density at radius 2 is 2.07 bits per heavy atom. The van der Waals surface area contributed by atoms with Gasteiger partial charge in [0.15, 0.2) is 5.16 Å². The van der Waals surface area contributed by atoms with Gasteiger partial charge in [0.1, 0.15) is 5.82 Å². The Bertz CT molecular complexity index is 1070. The molecular formula is C19H17ClFN3O3S. The van der Waals surface area contributed by atoms with E-state index in [4.69, 9.17) is 16.7 Å². The second-order valence-corrected chi connectivity index (χ2v) is 7.26. The van der Waals surface area contributed by atoms with Crippen LogP contribution >= 0.6 is 23.4 Å². The quantitative estimate of drug-likeness (QED) is 0.451. The molecule has 3 rings (SSSR count). The van der Waals surface area contributed by atoms with E-state index in [1.807, 2.05) is 0 Å². The standard InChI is InChI=1S/C19H17ClFN3O3S/c20-14-10-12(6-7-15(14)21)22-17(26)11-28-19-23-16-5-2-1-4-13(16)18(27)24(19)8-3-9-25/h1-2,4-7,10,25H,3,8-9,11H2,(H,22,26). The van der Waals surface area contributed by atoms with Gasteiger partial charge >= 0.3 is 0 Å². The molecule has 0 aliphatic heterocycles. The highest BCUT2D eigenvalue weighted by Gasteiger charge is 2.13. The zero-order chi connectivity index (χ0) is 20.1. The second-order valence-electron chi connectivity index (χ2n) is 5.91. The largest absolute Gasteiger partial charge is 0.396 e. The van der Waals surface area contributed by atoms with Crippen molar-refractivity contribution in [3.05, 3.63) is 63.7 Å². The monoisotopic (exact) mass is 421 g/mol. The van der Waals surface area contributed by atoms with Crippen LogP contribution in [-0.2, 0) is 11.3 Å². The number of para-hydroxylation sites is 1. The molecule has 0 bridgehead atoms. The summed E-state index contributed by atoms with van der Waals surface area (Å²) in [6.07, 6.45) is 0.397.